The Kier molecular flexibility index (Phi) is 5.05. The highest BCUT2D eigenvalue weighted by Gasteiger charge is 2.13. The minimum atomic E-state index is -0.272. The number of nitrogens with zero attached hydrogens (tertiary/aromatic N) is 3. The molecule has 0 aliphatic carbocycles. The van der Waals surface area contributed by atoms with Gasteiger partial charge in [0.1, 0.15) is 5.82 Å². The smallest absolute Gasteiger partial charge is 0.276 e. The highest BCUT2D eigenvalue weighted by atomic mass is 16.1. The van der Waals surface area contributed by atoms with Crippen LogP contribution in [0, 0.1) is 0 Å². The van der Waals surface area contributed by atoms with Gasteiger partial charge in [0.15, 0.2) is 5.69 Å². The van der Waals surface area contributed by atoms with Gasteiger partial charge in [-0.2, -0.15) is 0 Å². The van der Waals surface area contributed by atoms with Gasteiger partial charge in [0.25, 0.3) is 5.91 Å². The topological polar surface area (TPSA) is 70.2 Å². The van der Waals surface area contributed by atoms with Crippen LogP contribution in [0.5, 0.6) is 0 Å². The number of anilines is 3. The molecule has 1 aliphatic rings. The Morgan fingerprint density at radius 2 is 1.88 bits per heavy atom. The van der Waals surface area contributed by atoms with Crippen LogP contribution >= 0.6 is 0 Å². The number of hydrogen-bond donors (Lipinski definition) is 2. The summed E-state index contributed by atoms with van der Waals surface area (Å²) >= 11 is 0. The summed E-state index contributed by atoms with van der Waals surface area (Å²) in [7, 11) is 0. The first-order chi connectivity index (χ1) is 11.8. The lowest BCUT2D eigenvalue weighted by molar-refractivity contribution is 0.102. The molecule has 2 aromatic rings. The largest absolute Gasteiger partial charge is 0.372 e. The van der Waals surface area contributed by atoms with Gasteiger partial charge in [-0.1, -0.05) is 6.08 Å². The maximum Gasteiger partial charge on any atom is 0.276 e. The van der Waals surface area contributed by atoms with Crippen molar-refractivity contribution in [3.05, 3.63) is 54.7 Å². The summed E-state index contributed by atoms with van der Waals surface area (Å²) in [6.45, 7) is 6.43. The molecule has 0 spiro atoms. The van der Waals surface area contributed by atoms with Crippen LogP contribution in [0.2, 0.25) is 0 Å². The zero-order valence-corrected chi connectivity index (χ0v) is 13.5. The van der Waals surface area contributed by atoms with Gasteiger partial charge in [0.2, 0.25) is 0 Å². The Balaban J connectivity index is 1.60. The summed E-state index contributed by atoms with van der Waals surface area (Å²) in [6, 6.07) is 11.3. The lowest BCUT2D eigenvalue weighted by atomic mass is 10.2. The van der Waals surface area contributed by atoms with Crippen molar-refractivity contribution in [3.63, 3.8) is 0 Å². The van der Waals surface area contributed by atoms with Crippen molar-refractivity contribution in [2.45, 2.75) is 12.8 Å². The van der Waals surface area contributed by atoms with E-state index in [0.717, 1.165) is 18.8 Å². The third-order valence-corrected chi connectivity index (χ3v) is 3.92. The van der Waals surface area contributed by atoms with Gasteiger partial charge >= 0.3 is 0 Å². The highest BCUT2D eigenvalue weighted by Crippen LogP contribution is 2.22. The predicted molar refractivity (Wildman–Crippen MR) is 96.6 cm³/mol. The van der Waals surface area contributed by atoms with Crippen molar-refractivity contribution < 1.29 is 4.79 Å². The number of benzene rings is 1. The first-order valence-electron chi connectivity index (χ1n) is 8.11. The maximum absolute atomic E-state index is 12.2. The molecule has 1 aliphatic heterocycles. The van der Waals surface area contributed by atoms with Crippen molar-refractivity contribution in [1.82, 2.24) is 10.2 Å². The minimum Gasteiger partial charge on any atom is -0.372 e. The fraction of sp³-hybridized carbons (Fsp3) is 0.278. The fourth-order valence-corrected chi connectivity index (χ4v) is 2.65. The molecule has 0 atom stereocenters. The zero-order chi connectivity index (χ0) is 16.8. The van der Waals surface area contributed by atoms with E-state index in [2.05, 4.69) is 32.3 Å². The zero-order valence-electron chi connectivity index (χ0n) is 13.5. The normalized spacial score (nSPS) is 13.6. The average molecular weight is 323 g/mol. The maximum atomic E-state index is 12.2. The summed E-state index contributed by atoms with van der Waals surface area (Å²) in [5.41, 5.74) is 2.23. The lowest BCUT2D eigenvalue weighted by Gasteiger charge is -2.17. The lowest BCUT2D eigenvalue weighted by Crippen LogP contribution is -2.18. The minimum absolute atomic E-state index is 0.272. The molecule has 6 nitrogen and oxygen atoms in total. The van der Waals surface area contributed by atoms with E-state index in [0.29, 0.717) is 12.4 Å². The SMILES string of the molecule is C=CCNc1ccc(C(=O)Nc2ccc(N3CCCC3)cc2)nn1. The second-order valence-electron chi connectivity index (χ2n) is 5.67. The Morgan fingerprint density at radius 3 is 2.50 bits per heavy atom. The molecule has 2 N–H and O–H groups in total. The number of carbonyl (C=O) groups is 1. The average Bonchev–Trinajstić information content (AvgIpc) is 3.15. The summed E-state index contributed by atoms with van der Waals surface area (Å²) in [6.07, 6.45) is 4.22. The molecule has 1 saturated heterocycles. The van der Waals surface area contributed by atoms with E-state index in [1.807, 2.05) is 24.3 Å². The number of nitrogens with one attached hydrogen (secondary N) is 2. The van der Waals surface area contributed by atoms with Gasteiger partial charge in [0, 0.05) is 31.0 Å². The molecule has 2 heterocycles. The molecule has 1 aromatic heterocycles. The molecule has 6 heteroatoms. The second kappa shape index (κ2) is 7.59. The molecule has 0 unspecified atom stereocenters. The first-order valence-corrected chi connectivity index (χ1v) is 8.11. The van der Waals surface area contributed by atoms with Gasteiger partial charge in [-0.25, -0.2) is 0 Å². The van der Waals surface area contributed by atoms with Crippen LogP contribution in [-0.4, -0.2) is 35.7 Å². The summed E-state index contributed by atoms with van der Waals surface area (Å²) in [5.74, 6) is 0.341. The molecule has 0 radical (unpaired) electrons. The van der Waals surface area contributed by atoms with E-state index in [1.165, 1.54) is 18.5 Å². The van der Waals surface area contributed by atoms with Crippen molar-refractivity contribution in [2.75, 3.05) is 35.2 Å². The molecule has 0 saturated carbocycles. The van der Waals surface area contributed by atoms with Gasteiger partial charge in [0.05, 0.1) is 0 Å². The Morgan fingerprint density at radius 1 is 1.12 bits per heavy atom. The molecule has 124 valence electrons. The van der Waals surface area contributed by atoms with Gasteiger partial charge in [-0.3, -0.25) is 4.79 Å². The molecule has 0 bridgehead atoms. The standard InChI is InChI=1S/C18H21N5O/c1-2-11-19-17-10-9-16(21-22-17)18(24)20-14-5-7-15(8-6-14)23-12-3-4-13-23/h2,5-10H,1,3-4,11-13H2,(H,19,22)(H,20,24). The number of aromatic nitrogens is 2. The fourth-order valence-electron chi connectivity index (χ4n) is 2.65. The summed E-state index contributed by atoms with van der Waals surface area (Å²) in [4.78, 5) is 14.6. The van der Waals surface area contributed by atoms with Crippen molar-refractivity contribution in [2.24, 2.45) is 0 Å². The van der Waals surface area contributed by atoms with Crippen LogP contribution in [0.3, 0.4) is 0 Å². The van der Waals surface area contributed by atoms with E-state index in [9.17, 15) is 4.79 Å². The van der Waals surface area contributed by atoms with Gasteiger partial charge in [-0.15, -0.1) is 16.8 Å². The Hall–Kier alpha value is -2.89. The third kappa shape index (κ3) is 3.90. The number of carbonyl (C=O) groups excluding carboxylic acids is 1. The van der Waals surface area contributed by atoms with Crippen LogP contribution < -0.4 is 15.5 Å². The summed E-state index contributed by atoms with van der Waals surface area (Å²) < 4.78 is 0. The summed E-state index contributed by atoms with van der Waals surface area (Å²) in [5, 5.41) is 13.8. The number of hydrogen-bond acceptors (Lipinski definition) is 5. The van der Waals surface area contributed by atoms with Crippen LogP contribution in [0.25, 0.3) is 0 Å². The van der Waals surface area contributed by atoms with Crippen LogP contribution in [-0.2, 0) is 0 Å². The van der Waals surface area contributed by atoms with E-state index < -0.39 is 0 Å². The van der Waals surface area contributed by atoms with Crippen molar-refractivity contribution >= 4 is 23.1 Å². The van der Waals surface area contributed by atoms with E-state index >= 15 is 0 Å². The first kappa shape index (κ1) is 16.0. The van der Waals surface area contributed by atoms with Gasteiger partial charge < -0.3 is 15.5 Å². The number of rotatable bonds is 6. The highest BCUT2D eigenvalue weighted by molar-refractivity contribution is 6.02. The van der Waals surface area contributed by atoms with E-state index in [-0.39, 0.29) is 11.6 Å². The number of amides is 1. The van der Waals surface area contributed by atoms with Crippen LogP contribution in [0.15, 0.2) is 49.1 Å². The second-order valence-corrected chi connectivity index (χ2v) is 5.67. The predicted octanol–water partition coefficient (Wildman–Crippen LogP) is 2.93. The molecular weight excluding hydrogens is 302 g/mol. The Bertz CT molecular complexity index is 690. The third-order valence-electron chi connectivity index (χ3n) is 3.92. The van der Waals surface area contributed by atoms with Crippen LogP contribution in [0.4, 0.5) is 17.2 Å². The van der Waals surface area contributed by atoms with E-state index in [1.54, 1.807) is 18.2 Å². The van der Waals surface area contributed by atoms with Gasteiger partial charge in [-0.05, 0) is 49.2 Å². The molecular formula is C18H21N5O. The quantitative estimate of drug-likeness (QED) is 0.800. The van der Waals surface area contributed by atoms with Crippen LogP contribution in [0.1, 0.15) is 23.3 Å². The van der Waals surface area contributed by atoms with E-state index in [4.69, 9.17) is 0 Å². The molecule has 1 fully saturated rings. The Labute approximate surface area is 141 Å². The monoisotopic (exact) mass is 323 g/mol. The molecule has 3 rings (SSSR count). The van der Waals surface area contributed by atoms with Crippen molar-refractivity contribution in [3.8, 4) is 0 Å². The van der Waals surface area contributed by atoms with Crippen molar-refractivity contribution in [1.29, 1.82) is 0 Å². The molecule has 1 aromatic carbocycles. The molecule has 1 amide bonds. The molecule has 24 heavy (non-hydrogen) atoms.